The van der Waals surface area contributed by atoms with E-state index in [1.54, 1.807) is 30.6 Å². The van der Waals surface area contributed by atoms with E-state index in [1.165, 1.54) is 12.3 Å². The summed E-state index contributed by atoms with van der Waals surface area (Å²) in [6, 6.07) is 6.23. The Morgan fingerprint density at radius 3 is 2.52 bits per heavy atom. The monoisotopic (exact) mass is 333 g/mol. The number of carbonyl (C=O) groups excluding carboxylic acids is 1. The third kappa shape index (κ3) is 4.59. The number of carbonyl (C=O) groups is 1. The van der Waals surface area contributed by atoms with Gasteiger partial charge < -0.3 is 5.32 Å². The first kappa shape index (κ1) is 17.1. The van der Waals surface area contributed by atoms with Gasteiger partial charge in [0.25, 0.3) is 5.91 Å². The lowest BCUT2D eigenvalue weighted by Crippen LogP contribution is -2.28. The number of pyridine rings is 2. The van der Waals surface area contributed by atoms with Gasteiger partial charge in [-0.2, -0.15) is 0 Å². The number of amides is 1. The van der Waals surface area contributed by atoms with Crippen LogP contribution in [0.3, 0.4) is 0 Å². The minimum atomic E-state index is -3.39. The number of nitrogens with zero attached hydrogens (tertiary/aromatic N) is 2. The van der Waals surface area contributed by atoms with Crippen LogP contribution in [0.25, 0.3) is 0 Å². The van der Waals surface area contributed by atoms with E-state index < -0.39 is 9.84 Å². The quantitative estimate of drug-likeness (QED) is 0.875. The molecular formula is C16H19N3O3S. The number of hydrogen-bond donors (Lipinski definition) is 1. The number of aromatic nitrogens is 2. The topological polar surface area (TPSA) is 89.0 Å². The molecule has 6 nitrogen and oxygen atoms in total. The Labute approximate surface area is 135 Å². The van der Waals surface area contributed by atoms with Crippen molar-refractivity contribution in [3.05, 3.63) is 54.0 Å². The maximum Gasteiger partial charge on any atom is 0.251 e. The molecule has 2 aromatic heterocycles. The van der Waals surface area contributed by atoms with Gasteiger partial charge in [0.1, 0.15) is 0 Å². The fourth-order valence-electron chi connectivity index (χ4n) is 2.20. The minimum absolute atomic E-state index is 0.00858. The van der Waals surface area contributed by atoms with Crippen LogP contribution in [0.1, 0.15) is 41.7 Å². The molecule has 0 unspecified atom stereocenters. The van der Waals surface area contributed by atoms with E-state index >= 15 is 0 Å². The molecule has 0 aliphatic carbocycles. The summed E-state index contributed by atoms with van der Waals surface area (Å²) < 4.78 is 23.3. The van der Waals surface area contributed by atoms with Gasteiger partial charge in [-0.1, -0.05) is 13.3 Å². The van der Waals surface area contributed by atoms with Crippen molar-refractivity contribution >= 4 is 15.7 Å². The SMILES string of the molecule is CCC[C@H](NC(=O)c1ccncc1)c1ccnc(S(C)(=O)=O)c1. The molecular weight excluding hydrogens is 314 g/mol. The highest BCUT2D eigenvalue weighted by Gasteiger charge is 2.18. The third-order valence-electron chi connectivity index (χ3n) is 3.37. The molecule has 122 valence electrons. The average molecular weight is 333 g/mol. The zero-order chi connectivity index (χ0) is 16.9. The molecule has 1 N–H and O–H groups in total. The molecule has 0 bridgehead atoms. The van der Waals surface area contributed by atoms with Crippen LogP contribution in [0.2, 0.25) is 0 Å². The summed E-state index contributed by atoms with van der Waals surface area (Å²) in [7, 11) is -3.39. The number of nitrogens with one attached hydrogen (secondary N) is 1. The molecule has 0 saturated carbocycles. The zero-order valence-corrected chi connectivity index (χ0v) is 13.9. The Morgan fingerprint density at radius 2 is 1.91 bits per heavy atom. The molecule has 1 amide bonds. The lowest BCUT2D eigenvalue weighted by molar-refractivity contribution is 0.0934. The second-order valence-electron chi connectivity index (χ2n) is 5.25. The van der Waals surface area contributed by atoms with E-state index in [0.29, 0.717) is 12.0 Å². The average Bonchev–Trinajstić information content (AvgIpc) is 2.54. The highest BCUT2D eigenvalue weighted by atomic mass is 32.2. The third-order valence-corrected chi connectivity index (χ3v) is 4.35. The van der Waals surface area contributed by atoms with Gasteiger partial charge in [0.2, 0.25) is 0 Å². The summed E-state index contributed by atoms with van der Waals surface area (Å²) in [6.07, 6.45) is 7.22. The number of rotatable bonds is 6. The predicted molar refractivity (Wildman–Crippen MR) is 86.7 cm³/mol. The highest BCUT2D eigenvalue weighted by Crippen LogP contribution is 2.21. The highest BCUT2D eigenvalue weighted by molar-refractivity contribution is 7.90. The normalized spacial score (nSPS) is 12.6. The Balaban J connectivity index is 2.27. The van der Waals surface area contributed by atoms with Crippen molar-refractivity contribution in [2.24, 2.45) is 0 Å². The van der Waals surface area contributed by atoms with Crippen molar-refractivity contribution in [1.29, 1.82) is 0 Å². The molecule has 7 heteroatoms. The first-order valence-corrected chi connectivity index (χ1v) is 9.18. The van der Waals surface area contributed by atoms with Crippen LogP contribution in [-0.2, 0) is 9.84 Å². The van der Waals surface area contributed by atoms with Gasteiger partial charge in [0.05, 0.1) is 6.04 Å². The Morgan fingerprint density at radius 1 is 1.22 bits per heavy atom. The van der Waals surface area contributed by atoms with E-state index in [4.69, 9.17) is 0 Å². The van der Waals surface area contributed by atoms with E-state index in [-0.39, 0.29) is 17.0 Å². The molecule has 0 fully saturated rings. The lowest BCUT2D eigenvalue weighted by Gasteiger charge is -2.19. The molecule has 2 rings (SSSR count). The van der Waals surface area contributed by atoms with Crippen molar-refractivity contribution in [1.82, 2.24) is 15.3 Å². The Bertz CT molecular complexity index is 776. The maximum absolute atomic E-state index is 12.3. The van der Waals surface area contributed by atoms with Crippen molar-refractivity contribution in [3.63, 3.8) is 0 Å². The van der Waals surface area contributed by atoms with Crippen LogP contribution >= 0.6 is 0 Å². The van der Waals surface area contributed by atoms with Gasteiger partial charge in [0.15, 0.2) is 14.9 Å². The molecule has 2 heterocycles. The summed E-state index contributed by atoms with van der Waals surface area (Å²) in [4.78, 5) is 20.1. The van der Waals surface area contributed by atoms with Crippen molar-refractivity contribution in [2.45, 2.75) is 30.8 Å². The molecule has 0 saturated heterocycles. The van der Waals surface area contributed by atoms with E-state index in [1.807, 2.05) is 6.92 Å². The fraction of sp³-hybridized carbons (Fsp3) is 0.312. The Hall–Kier alpha value is -2.28. The lowest BCUT2D eigenvalue weighted by atomic mass is 10.0. The van der Waals surface area contributed by atoms with E-state index in [0.717, 1.165) is 18.2 Å². The van der Waals surface area contributed by atoms with Crippen LogP contribution in [0.4, 0.5) is 0 Å². The van der Waals surface area contributed by atoms with Gasteiger partial charge in [-0.3, -0.25) is 9.78 Å². The minimum Gasteiger partial charge on any atom is -0.345 e. The molecule has 0 aliphatic rings. The standard InChI is InChI=1S/C16H19N3O3S/c1-3-4-14(19-16(20)12-5-8-17-9-6-12)13-7-10-18-15(11-13)23(2,21)22/h5-11,14H,3-4H2,1-2H3,(H,19,20)/t14-/m0/s1. The van der Waals surface area contributed by atoms with Crippen LogP contribution in [0, 0.1) is 0 Å². The van der Waals surface area contributed by atoms with Gasteiger partial charge in [0, 0.05) is 30.4 Å². The van der Waals surface area contributed by atoms with Gasteiger partial charge in [-0.25, -0.2) is 13.4 Å². The zero-order valence-electron chi connectivity index (χ0n) is 13.1. The van der Waals surface area contributed by atoms with Gasteiger partial charge in [-0.15, -0.1) is 0 Å². The fourth-order valence-corrected chi connectivity index (χ4v) is 2.80. The van der Waals surface area contributed by atoms with Crippen LogP contribution in [0.15, 0.2) is 47.9 Å². The summed E-state index contributed by atoms with van der Waals surface area (Å²) >= 11 is 0. The van der Waals surface area contributed by atoms with Crippen LogP contribution in [0.5, 0.6) is 0 Å². The largest absolute Gasteiger partial charge is 0.345 e. The summed E-state index contributed by atoms with van der Waals surface area (Å²) in [5, 5.41) is 2.95. The van der Waals surface area contributed by atoms with E-state index in [2.05, 4.69) is 15.3 Å². The van der Waals surface area contributed by atoms with Crippen LogP contribution < -0.4 is 5.32 Å². The Kier molecular flexibility index (Phi) is 5.44. The summed E-state index contributed by atoms with van der Waals surface area (Å²) in [5.74, 6) is -0.219. The van der Waals surface area contributed by atoms with Crippen molar-refractivity contribution in [2.75, 3.05) is 6.26 Å². The summed E-state index contributed by atoms with van der Waals surface area (Å²) in [5.41, 5.74) is 1.24. The van der Waals surface area contributed by atoms with Crippen molar-refractivity contribution in [3.8, 4) is 0 Å². The first-order valence-electron chi connectivity index (χ1n) is 7.28. The smallest absolute Gasteiger partial charge is 0.251 e. The van der Waals surface area contributed by atoms with E-state index in [9.17, 15) is 13.2 Å². The molecule has 23 heavy (non-hydrogen) atoms. The molecule has 1 atom stereocenters. The number of hydrogen-bond acceptors (Lipinski definition) is 5. The van der Waals surface area contributed by atoms with Crippen molar-refractivity contribution < 1.29 is 13.2 Å². The van der Waals surface area contributed by atoms with Crippen LogP contribution in [-0.4, -0.2) is 30.5 Å². The molecule has 0 aliphatic heterocycles. The maximum atomic E-state index is 12.3. The molecule has 0 spiro atoms. The predicted octanol–water partition coefficient (Wildman–Crippen LogP) is 2.15. The molecule has 0 radical (unpaired) electrons. The summed E-state index contributed by atoms with van der Waals surface area (Å²) in [6.45, 7) is 2.00. The second kappa shape index (κ2) is 7.32. The van der Waals surface area contributed by atoms with Gasteiger partial charge >= 0.3 is 0 Å². The number of sulfone groups is 1. The molecule has 2 aromatic rings. The first-order chi connectivity index (χ1) is 10.9. The molecule has 0 aromatic carbocycles. The van der Waals surface area contributed by atoms with Gasteiger partial charge in [-0.05, 0) is 36.2 Å². The second-order valence-corrected chi connectivity index (χ2v) is 7.21.